The summed E-state index contributed by atoms with van der Waals surface area (Å²) in [4.78, 5) is 22.5. The highest BCUT2D eigenvalue weighted by atomic mass is 19.1. The van der Waals surface area contributed by atoms with E-state index >= 15 is 0 Å². The van der Waals surface area contributed by atoms with E-state index in [-0.39, 0.29) is 24.5 Å². The van der Waals surface area contributed by atoms with Gasteiger partial charge in [-0.2, -0.15) is 0 Å². The summed E-state index contributed by atoms with van der Waals surface area (Å²) < 4.78 is 17.8. The van der Waals surface area contributed by atoms with E-state index in [0.717, 1.165) is 6.07 Å². The van der Waals surface area contributed by atoms with Crippen LogP contribution in [0.5, 0.6) is 0 Å². The predicted octanol–water partition coefficient (Wildman–Crippen LogP) is 1.43. The van der Waals surface area contributed by atoms with Crippen LogP contribution in [0.2, 0.25) is 0 Å². The Morgan fingerprint density at radius 3 is 2.76 bits per heavy atom. The molecular weight excluding hydrogens is 225 g/mol. The monoisotopic (exact) mass is 239 g/mol. The van der Waals surface area contributed by atoms with Crippen molar-refractivity contribution < 1.29 is 18.7 Å². The molecule has 0 unspecified atom stereocenters. The number of aryl methyl sites for hydroxylation is 1. The quantitative estimate of drug-likeness (QED) is 0.808. The zero-order valence-electron chi connectivity index (χ0n) is 9.75. The van der Waals surface area contributed by atoms with Gasteiger partial charge in [-0.3, -0.25) is 4.79 Å². The van der Waals surface area contributed by atoms with Crippen molar-refractivity contribution in [3.05, 3.63) is 35.1 Å². The Morgan fingerprint density at radius 1 is 1.41 bits per heavy atom. The van der Waals surface area contributed by atoms with E-state index in [0.29, 0.717) is 5.56 Å². The first-order valence-electron chi connectivity index (χ1n) is 5.18. The maximum Gasteiger partial charge on any atom is 0.338 e. The van der Waals surface area contributed by atoms with Gasteiger partial charge in [0.1, 0.15) is 12.4 Å². The van der Waals surface area contributed by atoms with Crippen LogP contribution in [0.15, 0.2) is 18.2 Å². The third kappa shape index (κ3) is 3.86. The highest BCUT2D eigenvalue weighted by Gasteiger charge is 2.12. The second-order valence-electron chi connectivity index (χ2n) is 3.52. The van der Waals surface area contributed by atoms with Gasteiger partial charge in [-0.15, -0.1) is 0 Å². The molecule has 4 nitrogen and oxygen atoms in total. The van der Waals surface area contributed by atoms with Crippen LogP contribution >= 0.6 is 0 Å². The molecule has 0 aliphatic heterocycles. The first-order valence-corrected chi connectivity index (χ1v) is 5.18. The average molecular weight is 239 g/mol. The van der Waals surface area contributed by atoms with E-state index < -0.39 is 11.8 Å². The molecule has 0 spiro atoms. The van der Waals surface area contributed by atoms with Crippen molar-refractivity contribution in [2.75, 3.05) is 13.7 Å². The van der Waals surface area contributed by atoms with E-state index in [1.54, 1.807) is 6.92 Å². The number of hydrogen-bond donors (Lipinski definition) is 1. The van der Waals surface area contributed by atoms with Crippen molar-refractivity contribution in [1.29, 1.82) is 0 Å². The first-order chi connectivity index (χ1) is 8.04. The lowest BCUT2D eigenvalue weighted by atomic mass is 10.1. The molecule has 1 amide bonds. The molecule has 1 N–H and O–H groups in total. The number of rotatable bonds is 4. The number of hydrogen-bond acceptors (Lipinski definition) is 3. The van der Waals surface area contributed by atoms with E-state index in [4.69, 9.17) is 4.74 Å². The summed E-state index contributed by atoms with van der Waals surface area (Å²) in [6, 6.07) is 3.90. The van der Waals surface area contributed by atoms with Crippen LogP contribution in [0.4, 0.5) is 4.39 Å². The van der Waals surface area contributed by atoms with Gasteiger partial charge < -0.3 is 10.1 Å². The molecule has 0 radical (unpaired) electrons. The highest BCUT2D eigenvalue weighted by Crippen LogP contribution is 2.11. The maximum atomic E-state index is 12.9. The largest absolute Gasteiger partial charge is 0.462 e. The molecule has 0 atom stereocenters. The zero-order valence-corrected chi connectivity index (χ0v) is 9.75. The summed E-state index contributed by atoms with van der Waals surface area (Å²) in [7, 11) is 1.50. The zero-order chi connectivity index (χ0) is 12.8. The predicted molar refractivity (Wildman–Crippen MR) is 60.1 cm³/mol. The summed E-state index contributed by atoms with van der Waals surface area (Å²) in [5.74, 6) is -1.33. The molecule has 0 aromatic heterocycles. The van der Waals surface area contributed by atoms with E-state index in [1.807, 2.05) is 0 Å². The van der Waals surface area contributed by atoms with Crippen LogP contribution in [-0.2, 0) is 9.53 Å². The molecule has 5 heteroatoms. The Bertz CT molecular complexity index is 432. The summed E-state index contributed by atoms with van der Waals surface area (Å²) in [5, 5.41) is 2.41. The van der Waals surface area contributed by atoms with Crippen LogP contribution in [-0.4, -0.2) is 25.5 Å². The van der Waals surface area contributed by atoms with Crippen molar-refractivity contribution in [2.45, 2.75) is 13.3 Å². The van der Waals surface area contributed by atoms with Crippen LogP contribution in [0, 0.1) is 12.7 Å². The fraction of sp³-hybridized carbons (Fsp3) is 0.333. The van der Waals surface area contributed by atoms with Gasteiger partial charge in [0.25, 0.3) is 0 Å². The fourth-order valence-electron chi connectivity index (χ4n) is 1.25. The number of halogens is 1. The van der Waals surface area contributed by atoms with Gasteiger partial charge in [0.2, 0.25) is 5.91 Å². The molecule has 0 aliphatic carbocycles. The molecule has 17 heavy (non-hydrogen) atoms. The molecule has 1 aromatic carbocycles. The lowest BCUT2D eigenvalue weighted by molar-refractivity contribution is -0.121. The third-order valence-electron chi connectivity index (χ3n) is 2.26. The summed E-state index contributed by atoms with van der Waals surface area (Å²) in [6.45, 7) is 1.67. The smallest absolute Gasteiger partial charge is 0.338 e. The Morgan fingerprint density at radius 2 is 2.12 bits per heavy atom. The van der Waals surface area contributed by atoms with E-state index in [2.05, 4.69) is 5.32 Å². The van der Waals surface area contributed by atoms with E-state index in [9.17, 15) is 14.0 Å². The van der Waals surface area contributed by atoms with Gasteiger partial charge in [0.15, 0.2) is 0 Å². The summed E-state index contributed by atoms with van der Waals surface area (Å²) in [6.07, 6.45) is 0.0939. The van der Waals surface area contributed by atoms with Crippen molar-refractivity contribution in [1.82, 2.24) is 5.32 Å². The van der Waals surface area contributed by atoms with Crippen LogP contribution in [0.25, 0.3) is 0 Å². The molecule has 0 heterocycles. The molecule has 0 bridgehead atoms. The van der Waals surface area contributed by atoms with E-state index in [1.165, 1.54) is 19.2 Å². The number of amides is 1. The Balaban J connectivity index is 2.58. The molecule has 1 aromatic rings. The van der Waals surface area contributed by atoms with Crippen molar-refractivity contribution in [3.8, 4) is 0 Å². The number of carbonyl (C=O) groups excluding carboxylic acids is 2. The Kier molecular flexibility index (Phi) is 4.63. The van der Waals surface area contributed by atoms with Crippen molar-refractivity contribution in [3.63, 3.8) is 0 Å². The van der Waals surface area contributed by atoms with Gasteiger partial charge in [-0.25, -0.2) is 9.18 Å². The molecular formula is C12H14FNO3. The SMILES string of the molecule is CNC(=O)CCOC(=O)c1cc(F)ccc1C. The van der Waals surface area contributed by atoms with Gasteiger partial charge in [0, 0.05) is 7.05 Å². The Hall–Kier alpha value is -1.91. The fourth-order valence-corrected chi connectivity index (χ4v) is 1.25. The molecule has 0 saturated carbocycles. The average Bonchev–Trinajstić information content (AvgIpc) is 2.31. The topological polar surface area (TPSA) is 55.4 Å². The van der Waals surface area contributed by atoms with Gasteiger partial charge in [-0.1, -0.05) is 6.07 Å². The minimum Gasteiger partial charge on any atom is -0.462 e. The number of nitrogens with one attached hydrogen (secondary N) is 1. The summed E-state index contributed by atoms with van der Waals surface area (Å²) >= 11 is 0. The van der Waals surface area contributed by atoms with Crippen LogP contribution in [0.1, 0.15) is 22.3 Å². The summed E-state index contributed by atoms with van der Waals surface area (Å²) in [5.41, 5.74) is 0.818. The van der Waals surface area contributed by atoms with Gasteiger partial charge in [-0.05, 0) is 24.6 Å². The normalized spacial score (nSPS) is 9.82. The standard InChI is InChI=1S/C12H14FNO3/c1-8-3-4-9(13)7-10(8)12(16)17-6-5-11(15)14-2/h3-4,7H,5-6H2,1-2H3,(H,14,15). The first kappa shape index (κ1) is 13.2. The lowest BCUT2D eigenvalue weighted by Crippen LogP contribution is -2.20. The number of benzene rings is 1. The molecule has 0 saturated heterocycles. The number of ether oxygens (including phenoxy) is 1. The molecule has 92 valence electrons. The van der Waals surface area contributed by atoms with Crippen molar-refractivity contribution in [2.24, 2.45) is 0 Å². The third-order valence-corrected chi connectivity index (χ3v) is 2.26. The second kappa shape index (κ2) is 5.98. The van der Waals surface area contributed by atoms with Crippen LogP contribution < -0.4 is 5.32 Å². The second-order valence-corrected chi connectivity index (χ2v) is 3.52. The van der Waals surface area contributed by atoms with Crippen molar-refractivity contribution >= 4 is 11.9 Å². The van der Waals surface area contributed by atoms with Gasteiger partial charge >= 0.3 is 5.97 Å². The maximum absolute atomic E-state index is 12.9. The highest BCUT2D eigenvalue weighted by molar-refractivity contribution is 5.91. The minimum absolute atomic E-state index is 0.0194. The van der Waals surface area contributed by atoms with Gasteiger partial charge in [0.05, 0.1) is 12.0 Å². The minimum atomic E-state index is -0.620. The number of carbonyl (C=O) groups is 2. The number of esters is 1. The lowest BCUT2D eigenvalue weighted by Gasteiger charge is -2.06. The Labute approximate surface area is 98.8 Å². The van der Waals surface area contributed by atoms with Crippen LogP contribution in [0.3, 0.4) is 0 Å². The molecule has 0 aliphatic rings. The molecule has 0 fully saturated rings. The molecule has 1 rings (SSSR count).